The first-order chi connectivity index (χ1) is 14.6. The number of nitrogens with one attached hydrogen (secondary N) is 3. The van der Waals surface area contributed by atoms with E-state index in [4.69, 9.17) is 39.6 Å². The van der Waals surface area contributed by atoms with Crippen molar-refractivity contribution in [2.75, 3.05) is 12.0 Å². The van der Waals surface area contributed by atoms with Crippen LogP contribution < -0.4 is 16.2 Å². The number of urea groups is 1. The number of oxime groups is 1. The summed E-state index contributed by atoms with van der Waals surface area (Å²) in [7, 11) is 0. The molecule has 0 fully saturated rings. The van der Waals surface area contributed by atoms with Crippen LogP contribution in [0, 0.1) is 0 Å². The number of hydrogen-bond donors (Lipinski definition) is 3. The van der Waals surface area contributed by atoms with Gasteiger partial charge in [-0.25, -0.2) is 4.79 Å². The monoisotopic (exact) mass is 494 g/mol. The second kappa shape index (κ2) is 9.02. The summed E-state index contributed by atoms with van der Waals surface area (Å²) in [5, 5.41) is 6.53. The summed E-state index contributed by atoms with van der Waals surface area (Å²) < 4.78 is 42.3. The van der Waals surface area contributed by atoms with Crippen LogP contribution in [0.2, 0.25) is 15.1 Å². The fraction of sp³-hybridized carbons (Fsp3) is 0.263. The lowest BCUT2D eigenvalue weighted by Crippen LogP contribution is -2.42. The van der Waals surface area contributed by atoms with Crippen LogP contribution >= 0.6 is 34.8 Å². The minimum atomic E-state index is -4.81. The standard InChI is InChI=1S/C19H16Cl3F3N4O2/c1-2-26-17(30)28-27-15-5-10(3-4-14(15)22)16-9-18(31-29-16,19(23,24)25)11-6-12(20)8-13(21)7-11/h3-8,27H,2,9H2,1H3,(H2,26,28,30). The summed E-state index contributed by atoms with van der Waals surface area (Å²) >= 11 is 17.9. The normalized spacial score (nSPS) is 18.2. The van der Waals surface area contributed by atoms with Gasteiger partial charge in [0.05, 0.1) is 16.4 Å². The molecule has 2 aromatic carbocycles. The van der Waals surface area contributed by atoms with Gasteiger partial charge in [0.25, 0.3) is 5.60 Å². The van der Waals surface area contributed by atoms with Gasteiger partial charge in [0, 0.05) is 34.1 Å². The minimum absolute atomic E-state index is 0.0335. The lowest BCUT2D eigenvalue weighted by molar-refractivity contribution is -0.275. The van der Waals surface area contributed by atoms with Crippen molar-refractivity contribution < 1.29 is 22.8 Å². The van der Waals surface area contributed by atoms with Crippen LogP contribution in [0.3, 0.4) is 0 Å². The highest BCUT2D eigenvalue weighted by atomic mass is 35.5. The number of carbonyl (C=O) groups excluding carboxylic acids is 1. The topological polar surface area (TPSA) is 74.8 Å². The predicted octanol–water partition coefficient (Wildman–Crippen LogP) is 5.88. The van der Waals surface area contributed by atoms with Gasteiger partial charge in [0.15, 0.2) is 0 Å². The van der Waals surface area contributed by atoms with E-state index in [1.165, 1.54) is 24.3 Å². The first kappa shape index (κ1) is 23.3. The SMILES string of the molecule is CCNC(=O)NNc1cc(C2=NOC(c3cc(Cl)cc(Cl)c3)(C(F)(F)F)C2)ccc1Cl. The number of nitrogens with zero attached hydrogens (tertiary/aromatic N) is 1. The van der Waals surface area contributed by atoms with Crippen molar-refractivity contribution >= 4 is 52.2 Å². The number of halogens is 6. The molecule has 1 heterocycles. The highest BCUT2D eigenvalue weighted by Crippen LogP contribution is 2.49. The second-order valence-electron chi connectivity index (χ2n) is 6.59. The van der Waals surface area contributed by atoms with E-state index in [9.17, 15) is 18.0 Å². The zero-order valence-electron chi connectivity index (χ0n) is 15.9. The van der Waals surface area contributed by atoms with Gasteiger partial charge < -0.3 is 10.2 Å². The van der Waals surface area contributed by atoms with Gasteiger partial charge in [0.1, 0.15) is 0 Å². The zero-order valence-corrected chi connectivity index (χ0v) is 18.2. The van der Waals surface area contributed by atoms with Crippen LogP contribution in [0.15, 0.2) is 41.6 Å². The van der Waals surface area contributed by atoms with Crippen LogP contribution in [0.25, 0.3) is 0 Å². The number of carbonyl (C=O) groups is 1. The van der Waals surface area contributed by atoms with Crippen LogP contribution in [0.5, 0.6) is 0 Å². The maximum Gasteiger partial charge on any atom is 0.435 e. The summed E-state index contributed by atoms with van der Waals surface area (Å²) in [5.41, 5.74) is 2.60. The Labute approximate surface area is 190 Å². The molecular formula is C19H16Cl3F3N4O2. The highest BCUT2D eigenvalue weighted by Gasteiger charge is 2.62. The molecule has 6 nitrogen and oxygen atoms in total. The molecule has 0 aliphatic carbocycles. The summed E-state index contributed by atoms with van der Waals surface area (Å²) in [6.07, 6.45) is -5.42. The molecule has 0 spiro atoms. The van der Waals surface area contributed by atoms with Gasteiger partial charge >= 0.3 is 12.2 Å². The van der Waals surface area contributed by atoms with Crippen molar-refractivity contribution in [1.82, 2.24) is 10.7 Å². The van der Waals surface area contributed by atoms with Crippen molar-refractivity contribution in [2.24, 2.45) is 5.16 Å². The number of anilines is 1. The van der Waals surface area contributed by atoms with Gasteiger partial charge in [-0.15, -0.1) is 0 Å². The molecule has 1 aliphatic rings. The average Bonchev–Trinajstić information content (AvgIpc) is 3.14. The summed E-state index contributed by atoms with van der Waals surface area (Å²) in [5.74, 6) is 0. The Morgan fingerprint density at radius 2 is 1.84 bits per heavy atom. The summed E-state index contributed by atoms with van der Waals surface area (Å²) in [6.45, 7) is 2.15. The van der Waals surface area contributed by atoms with Gasteiger partial charge in [-0.2, -0.15) is 13.2 Å². The Kier molecular flexibility index (Phi) is 6.78. The quantitative estimate of drug-likeness (QED) is 0.454. The Hall–Kier alpha value is -2.36. The first-order valence-corrected chi connectivity index (χ1v) is 10.1. The third-order valence-corrected chi connectivity index (χ3v) is 5.23. The molecule has 2 aromatic rings. The Bertz CT molecular complexity index is 1010. The third kappa shape index (κ3) is 4.94. The number of hydrogen-bond acceptors (Lipinski definition) is 4. The van der Waals surface area contributed by atoms with Crippen molar-refractivity contribution in [3.05, 3.63) is 62.6 Å². The fourth-order valence-electron chi connectivity index (χ4n) is 2.97. The molecule has 166 valence electrons. The Balaban J connectivity index is 1.90. The molecule has 3 rings (SSSR count). The average molecular weight is 496 g/mol. The molecular weight excluding hydrogens is 480 g/mol. The van der Waals surface area contributed by atoms with E-state index in [0.717, 1.165) is 12.1 Å². The summed E-state index contributed by atoms with van der Waals surface area (Å²) in [6, 6.07) is 7.53. The maximum absolute atomic E-state index is 14.1. The van der Waals surface area contributed by atoms with E-state index >= 15 is 0 Å². The molecule has 1 aliphatic heterocycles. The molecule has 12 heteroatoms. The minimum Gasteiger partial charge on any atom is -0.374 e. The maximum atomic E-state index is 14.1. The van der Waals surface area contributed by atoms with E-state index < -0.39 is 24.2 Å². The van der Waals surface area contributed by atoms with E-state index in [0.29, 0.717) is 12.1 Å². The van der Waals surface area contributed by atoms with Gasteiger partial charge in [-0.05, 0) is 37.3 Å². The third-order valence-electron chi connectivity index (χ3n) is 4.46. The van der Waals surface area contributed by atoms with Crippen molar-refractivity contribution in [1.29, 1.82) is 0 Å². The Morgan fingerprint density at radius 1 is 1.16 bits per heavy atom. The smallest absolute Gasteiger partial charge is 0.374 e. The lowest BCUT2D eigenvalue weighted by Gasteiger charge is -2.29. The van der Waals surface area contributed by atoms with Crippen LogP contribution in [0.1, 0.15) is 24.5 Å². The Morgan fingerprint density at radius 3 is 2.45 bits per heavy atom. The van der Waals surface area contributed by atoms with Crippen molar-refractivity contribution in [3.63, 3.8) is 0 Å². The van der Waals surface area contributed by atoms with Gasteiger partial charge in [0.2, 0.25) is 0 Å². The number of benzene rings is 2. The van der Waals surface area contributed by atoms with E-state index in [2.05, 4.69) is 21.3 Å². The zero-order chi connectivity index (χ0) is 22.8. The first-order valence-electron chi connectivity index (χ1n) is 8.94. The molecule has 2 amide bonds. The van der Waals surface area contributed by atoms with Crippen LogP contribution in [-0.4, -0.2) is 24.5 Å². The predicted molar refractivity (Wildman–Crippen MR) is 114 cm³/mol. The van der Waals surface area contributed by atoms with Crippen LogP contribution in [-0.2, 0) is 10.4 Å². The highest BCUT2D eigenvalue weighted by molar-refractivity contribution is 6.34. The van der Waals surface area contributed by atoms with Gasteiger partial charge in [-0.1, -0.05) is 46.0 Å². The molecule has 31 heavy (non-hydrogen) atoms. The molecule has 1 atom stereocenters. The van der Waals surface area contributed by atoms with Crippen molar-refractivity contribution in [3.8, 4) is 0 Å². The number of alkyl halides is 3. The fourth-order valence-corrected chi connectivity index (χ4v) is 3.67. The lowest BCUT2D eigenvalue weighted by atomic mass is 9.86. The molecule has 0 bridgehead atoms. The number of rotatable bonds is 5. The number of amides is 2. The van der Waals surface area contributed by atoms with Crippen molar-refractivity contribution in [2.45, 2.75) is 25.1 Å². The molecule has 1 unspecified atom stereocenters. The molecule has 0 saturated heterocycles. The van der Waals surface area contributed by atoms with Gasteiger partial charge in [-0.3, -0.25) is 10.9 Å². The van der Waals surface area contributed by atoms with Crippen LogP contribution in [0.4, 0.5) is 23.7 Å². The van der Waals surface area contributed by atoms with E-state index in [-0.39, 0.29) is 32.0 Å². The molecule has 3 N–H and O–H groups in total. The molecule has 0 saturated carbocycles. The van der Waals surface area contributed by atoms with E-state index in [1.807, 2.05) is 0 Å². The number of hydrazine groups is 1. The molecule has 0 radical (unpaired) electrons. The summed E-state index contributed by atoms with van der Waals surface area (Å²) in [4.78, 5) is 16.5. The molecule has 0 aromatic heterocycles. The van der Waals surface area contributed by atoms with E-state index in [1.54, 1.807) is 6.92 Å². The largest absolute Gasteiger partial charge is 0.435 e. The second-order valence-corrected chi connectivity index (χ2v) is 7.87.